The van der Waals surface area contributed by atoms with Crippen molar-refractivity contribution in [3.63, 3.8) is 0 Å². The number of fused-ring (bicyclic) bond motifs is 9. The van der Waals surface area contributed by atoms with E-state index in [2.05, 4.69) is 278 Å². The SMILES string of the molecule is c1ccc(C2(c3ccccc3)c3ccccc3-c3ccc(-c4ccc(N(c5cccc6c5-c5ccccc5C6(c5ccccc5)c5ccccc5)c5cccc6c5oc5ccccc56)cc4)cc32)cc1. The van der Waals surface area contributed by atoms with E-state index in [9.17, 15) is 0 Å². The zero-order valence-corrected chi connectivity index (χ0v) is 38.3. The molecule has 70 heavy (non-hydrogen) atoms. The summed E-state index contributed by atoms with van der Waals surface area (Å²) in [6.07, 6.45) is 0. The maximum Gasteiger partial charge on any atom is 0.159 e. The molecule has 0 atom stereocenters. The second-order valence-electron chi connectivity index (χ2n) is 18.6. The number of rotatable bonds is 8. The Morgan fingerprint density at radius 3 is 1.40 bits per heavy atom. The molecule has 0 saturated carbocycles. The molecule has 2 nitrogen and oxygen atoms in total. The van der Waals surface area contributed by atoms with E-state index < -0.39 is 10.8 Å². The Morgan fingerprint density at radius 1 is 0.300 bits per heavy atom. The molecule has 0 bridgehead atoms. The van der Waals surface area contributed by atoms with Gasteiger partial charge in [0, 0.05) is 22.0 Å². The van der Waals surface area contributed by atoms with Crippen LogP contribution in [0.4, 0.5) is 17.1 Å². The van der Waals surface area contributed by atoms with Gasteiger partial charge >= 0.3 is 0 Å². The summed E-state index contributed by atoms with van der Waals surface area (Å²) in [4.78, 5) is 2.44. The molecule has 14 rings (SSSR count). The van der Waals surface area contributed by atoms with Gasteiger partial charge in [0.1, 0.15) is 5.58 Å². The van der Waals surface area contributed by atoms with Gasteiger partial charge in [-0.1, -0.05) is 237 Å². The van der Waals surface area contributed by atoms with Crippen LogP contribution in [-0.4, -0.2) is 0 Å². The molecule has 2 aliphatic rings. The van der Waals surface area contributed by atoms with E-state index in [-0.39, 0.29) is 0 Å². The summed E-state index contributed by atoms with van der Waals surface area (Å²) in [5.74, 6) is 0. The standard InChI is InChI=1S/C68H45NO/c1-5-21-48(22-6-1)67(49-23-7-2-8-24-49)59-34-17-14-31-57(59)65-60(67)35-20-36-62(65)69(63-37-19-32-56-55-30-15-18-38-64(55)70-66(56)63)52-42-39-46(40-43-52)47-41-44-54-53-29-13-16-33-58(53)68(61(54)45-47,50-25-9-3-10-26-50)51-27-11-4-12-28-51/h1-45H. The Labute approximate surface area is 408 Å². The van der Waals surface area contributed by atoms with Crippen LogP contribution in [0.1, 0.15) is 44.5 Å². The summed E-state index contributed by atoms with van der Waals surface area (Å²) >= 11 is 0. The van der Waals surface area contributed by atoms with Gasteiger partial charge in [-0.15, -0.1) is 0 Å². The van der Waals surface area contributed by atoms with E-state index in [1.807, 2.05) is 0 Å². The summed E-state index contributed by atoms with van der Waals surface area (Å²) in [5.41, 5.74) is 21.2. The molecule has 0 spiro atoms. The normalized spacial score (nSPS) is 13.7. The van der Waals surface area contributed by atoms with Crippen molar-refractivity contribution in [2.75, 3.05) is 4.90 Å². The van der Waals surface area contributed by atoms with Gasteiger partial charge < -0.3 is 9.32 Å². The minimum Gasteiger partial charge on any atom is -0.454 e. The molecule has 0 unspecified atom stereocenters. The average molecular weight is 892 g/mol. The average Bonchev–Trinajstić information content (AvgIpc) is 4.08. The van der Waals surface area contributed by atoms with Crippen molar-refractivity contribution in [2.45, 2.75) is 10.8 Å². The van der Waals surface area contributed by atoms with Crippen molar-refractivity contribution < 1.29 is 4.42 Å². The first-order valence-corrected chi connectivity index (χ1v) is 24.3. The third-order valence-corrected chi connectivity index (χ3v) is 15.2. The van der Waals surface area contributed by atoms with Crippen molar-refractivity contribution in [3.8, 4) is 33.4 Å². The molecule has 0 saturated heterocycles. The van der Waals surface area contributed by atoms with E-state index in [1.165, 1.54) is 72.3 Å². The molecule has 12 aromatic rings. The molecule has 1 aromatic heterocycles. The lowest BCUT2D eigenvalue weighted by atomic mass is 9.67. The first-order valence-electron chi connectivity index (χ1n) is 24.3. The van der Waals surface area contributed by atoms with Crippen LogP contribution in [0.2, 0.25) is 0 Å². The van der Waals surface area contributed by atoms with Gasteiger partial charge in [-0.3, -0.25) is 0 Å². The Balaban J connectivity index is 0.986. The highest BCUT2D eigenvalue weighted by Gasteiger charge is 2.48. The second kappa shape index (κ2) is 15.8. The van der Waals surface area contributed by atoms with Crippen molar-refractivity contribution >= 4 is 39.0 Å². The third kappa shape index (κ3) is 5.68. The van der Waals surface area contributed by atoms with Gasteiger partial charge in [-0.05, 0) is 109 Å². The van der Waals surface area contributed by atoms with E-state index in [4.69, 9.17) is 4.42 Å². The molecule has 0 radical (unpaired) electrons. The van der Waals surface area contributed by atoms with E-state index in [1.54, 1.807) is 0 Å². The maximum atomic E-state index is 6.89. The summed E-state index contributed by atoms with van der Waals surface area (Å²) in [6, 6.07) is 100. The van der Waals surface area contributed by atoms with Crippen LogP contribution in [0.3, 0.4) is 0 Å². The van der Waals surface area contributed by atoms with Gasteiger partial charge in [-0.2, -0.15) is 0 Å². The molecule has 0 aliphatic heterocycles. The fourth-order valence-corrected chi connectivity index (χ4v) is 12.4. The van der Waals surface area contributed by atoms with Crippen LogP contribution in [0.25, 0.3) is 55.3 Å². The fourth-order valence-electron chi connectivity index (χ4n) is 12.4. The summed E-state index contributed by atoms with van der Waals surface area (Å²) in [5, 5.41) is 2.19. The molecule has 11 aromatic carbocycles. The predicted octanol–water partition coefficient (Wildman–Crippen LogP) is 17.4. The molecular weight excluding hydrogens is 847 g/mol. The minimum atomic E-state index is -0.548. The zero-order chi connectivity index (χ0) is 46.2. The van der Waals surface area contributed by atoms with Crippen molar-refractivity contribution in [1.29, 1.82) is 0 Å². The molecule has 0 fully saturated rings. The van der Waals surface area contributed by atoms with Crippen LogP contribution < -0.4 is 4.90 Å². The Morgan fingerprint density at radius 2 is 0.757 bits per heavy atom. The lowest BCUT2D eigenvalue weighted by molar-refractivity contribution is 0.669. The minimum absolute atomic E-state index is 0.481. The topological polar surface area (TPSA) is 16.4 Å². The molecule has 0 N–H and O–H groups in total. The molecule has 328 valence electrons. The fraction of sp³-hybridized carbons (Fsp3) is 0.0294. The van der Waals surface area contributed by atoms with Crippen LogP contribution in [0.15, 0.2) is 277 Å². The summed E-state index contributed by atoms with van der Waals surface area (Å²) in [6.45, 7) is 0. The number of anilines is 3. The number of nitrogens with zero attached hydrogens (tertiary/aromatic N) is 1. The molecule has 2 aliphatic carbocycles. The van der Waals surface area contributed by atoms with E-state index in [0.717, 1.165) is 44.6 Å². The first-order chi connectivity index (χ1) is 34.7. The van der Waals surface area contributed by atoms with Crippen LogP contribution >= 0.6 is 0 Å². The first kappa shape index (κ1) is 40.1. The number of hydrogen-bond donors (Lipinski definition) is 0. The summed E-state index contributed by atoms with van der Waals surface area (Å²) < 4.78 is 6.89. The van der Waals surface area contributed by atoms with E-state index in [0.29, 0.717) is 0 Å². The highest BCUT2D eigenvalue weighted by Crippen LogP contribution is 2.61. The predicted molar refractivity (Wildman–Crippen MR) is 288 cm³/mol. The molecule has 2 heteroatoms. The van der Waals surface area contributed by atoms with Crippen LogP contribution in [0, 0.1) is 0 Å². The van der Waals surface area contributed by atoms with Crippen LogP contribution in [-0.2, 0) is 10.8 Å². The molecular formula is C68H45NO. The van der Waals surface area contributed by atoms with Gasteiger partial charge in [-0.25, -0.2) is 0 Å². The van der Waals surface area contributed by atoms with Crippen molar-refractivity contribution in [2.24, 2.45) is 0 Å². The maximum absolute atomic E-state index is 6.89. The largest absolute Gasteiger partial charge is 0.454 e. The zero-order valence-electron chi connectivity index (χ0n) is 38.3. The van der Waals surface area contributed by atoms with Gasteiger partial charge in [0.25, 0.3) is 0 Å². The number of furan rings is 1. The Kier molecular flexibility index (Phi) is 9.06. The smallest absolute Gasteiger partial charge is 0.159 e. The Bertz CT molecular complexity index is 3850. The lowest BCUT2D eigenvalue weighted by Crippen LogP contribution is -2.28. The van der Waals surface area contributed by atoms with Gasteiger partial charge in [0.05, 0.1) is 22.2 Å². The lowest BCUT2D eigenvalue weighted by Gasteiger charge is -2.34. The Hall–Kier alpha value is -8.98. The van der Waals surface area contributed by atoms with Crippen LogP contribution in [0.5, 0.6) is 0 Å². The quantitative estimate of drug-likeness (QED) is 0.151. The van der Waals surface area contributed by atoms with Gasteiger partial charge in [0.2, 0.25) is 0 Å². The monoisotopic (exact) mass is 891 g/mol. The molecule has 1 heterocycles. The summed E-state index contributed by atoms with van der Waals surface area (Å²) in [7, 11) is 0. The van der Waals surface area contributed by atoms with E-state index >= 15 is 0 Å². The van der Waals surface area contributed by atoms with Crippen molar-refractivity contribution in [1.82, 2.24) is 0 Å². The van der Waals surface area contributed by atoms with Gasteiger partial charge in [0.15, 0.2) is 5.58 Å². The third-order valence-electron chi connectivity index (χ3n) is 15.2. The number of benzene rings is 11. The highest BCUT2D eigenvalue weighted by molar-refractivity contribution is 6.11. The number of para-hydroxylation sites is 2. The second-order valence-corrected chi connectivity index (χ2v) is 18.6. The molecule has 0 amide bonds. The van der Waals surface area contributed by atoms with Crippen molar-refractivity contribution in [3.05, 3.63) is 317 Å². The highest BCUT2D eigenvalue weighted by atomic mass is 16.3. The number of hydrogen-bond acceptors (Lipinski definition) is 2.